The Kier molecular flexibility index (Phi) is 11.8. The highest BCUT2D eigenvalue weighted by molar-refractivity contribution is 6.45. The highest BCUT2D eigenvalue weighted by atomic mass is 16.2. The van der Waals surface area contributed by atoms with E-state index in [-0.39, 0.29) is 14.1 Å². The minimum Gasteiger partial charge on any atom is -0.437 e. The Balaban J connectivity index is 0.000000186. The summed E-state index contributed by atoms with van der Waals surface area (Å²) in [5.74, 6) is 0. The second kappa shape index (κ2) is 15.0. The topological polar surface area (TPSA) is 68.7 Å². The van der Waals surface area contributed by atoms with E-state index >= 15 is 0 Å². The highest BCUT2D eigenvalue weighted by Gasteiger charge is 2.29. The Bertz CT molecular complexity index is 747. The third-order valence-corrected chi connectivity index (χ3v) is 8.90. The standard InChI is InChI=1S/C17H28BN3O.C10H22BN3O/c1-18(22)21-13-11-20(12-14-21)17-7-9-19(10-8-17)15-16-5-3-2-4-6-16;1-11(15)14-8-6-13(7-9-14)10-2-4-12-5-3-10/h2-6,17,22H,7-15H2,1H3;10,12,15H,2-9H2,1H3. The molecule has 0 amide bonds. The van der Waals surface area contributed by atoms with Gasteiger partial charge >= 0.3 is 14.1 Å². The monoisotopic (exact) mass is 512 g/mol. The second-order valence-electron chi connectivity index (χ2n) is 11.4. The first kappa shape index (κ1) is 29.0. The lowest BCUT2D eigenvalue weighted by Gasteiger charge is -2.43. The van der Waals surface area contributed by atoms with Crippen LogP contribution in [0.1, 0.15) is 31.2 Å². The molecule has 0 atom stereocenters. The molecule has 8 nitrogen and oxygen atoms in total. The van der Waals surface area contributed by atoms with Crippen molar-refractivity contribution in [2.75, 3.05) is 78.5 Å². The Hall–Kier alpha value is -0.970. The van der Waals surface area contributed by atoms with Crippen LogP contribution in [0.25, 0.3) is 0 Å². The number of piperidine rings is 2. The molecule has 206 valence electrons. The molecular formula is C27H50B2N6O2. The molecule has 4 fully saturated rings. The fraction of sp³-hybridized carbons (Fsp3) is 0.778. The first-order valence-corrected chi connectivity index (χ1v) is 14.8. The van der Waals surface area contributed by atoms with Crippen LogP contribution in [-0.2, 0) is 6.54 Å². The minimum absolute atomic E-state index is 0.278. The van der Waals surface area contributed by atoms with E-state index in [1.54, 1.807) is 0 Å². The zero-order chi connectivity index (χ0) is 26.0. The van der Waals surface area contributed by atoms with Crippen molar-refractivity contribution >= 4 is 14.1 Å². The lowest BCUT2D eigenvalue weighted by Crippen LogP contribution is -2.55. The van der Waals surface area contributed by atoms with Crippen molar-refractivity contribution in [2.24, 2.45) is 0 Å². The molecule has 1 aromatic rings. The molecule has 0 aromatic heterocycles. The molecular weight excluding hydrogens is 462 g/mol. The van der Waals surface area contributed by atoms with Gasteiger partial charge in [0.05, 0.1) is 0 Å². The molecule has 0 bridgehead atoms. The van der Waals surface area contributed by atoms with Crippen molar-refractivity contribution in [3.05, 3.63) is 35.9 Å². The first-order chi connectivity index (χ1) is 18.0. The lowest BCUT2D eigenvalue weighted by atomic mass is 9.84. The van der Waals surface area contributed by atoms with Crippen LogP contribution in [0.3, 0.4) is 0 Å². The smallest absolute Gasteiger partial charge is 0.376 e. The predicted molar refractivity (Wildman–Crippen MR) is 155 cm³/mol. The molecule has 4 saturated heterocycles. The van der Waals surface area contributed by atoms with E-state index in [0.717, 1.165) is 71.0 Å². The third kappa shape index (κ3) is 9.04. The van der Waals surface area contributed by atoms with E-state index < -0.39 is 0 Å². The maximum atomic E-state index is 9.65. The average molecular weight is 512 g/mol. The summed E-state index contributed by atoms with van der Waals surface area (Å²) in [7, 11) is -0.574. The van der Waals surface area contributed by atoms with E-state index in [2.05, 4.69) is 60.0 Å². The maximum Gasteiger partial charge on any atom is 0.376 e. The maximum absolute atomic E-state index is 9.65. The number of benzene rings is 1. The van der Waals surface area contributed by atoms with Gasteiger partial charge in [-0.05, 0) is 71.1 Å². The van der Waals surface area contributed by atoms with Gasteiger partial charge in [-0.15, -0.1) is 0 Å². The summed E-state index contributed by atoms with van der Waals surface area (Å²) in [5.41, 5.74) is 1.42. The van der Waals surface area contributed by atoms with Gasteiger partial charge in [0, 0.05) is 71.0 Å². The van der Waals surface area contributed by atoms with Gasteiger partial charge in [0.15, 0.2) is 0 Å². The molecule has 4 aliphatic heterocycles. The van der Waals surface area contributed by atoms with Crippen molar-refractivity contribution < 1.29 is 10.0 Å². The highest BCUT2D eigenvalue weighted by Crippen LogP contribution is 2.20. The molecule has 37 heavy (non-hydrogen) atoms. The number of piperazine rings is 2. The zero-order valence-corrected chi connectivity index (χ0v) is 23.3. The van der Waals surface area contributed by atoms with E-state index in [9.17, 15) is 10.0 Å². The number of likely N-dealkylation sites (tertiary alicyclic amines) is 1. The van der Waals surface area contributed by atoms with E-state index in [1.807, 2.05) is 13.6 Å². The first-order valence-electron chi connectivity index (χ1n) is 14.8. The Morgan fingerprint density at radius 3 is 1.59 bits per heavy atom. The van der Waals surface area contributed by atoms with Gasteiger partial charge < -0.3 is 25.0 Å². The number of hydrogen-bond donors (Lipinski definition) is 3. The summed E-state index contributed by atoms with van der Waals surface area (Å²) in [6, 6.07) is 12.3. The van der Waals surface area contributed by atoms with E-state index in [0.29, 0.717) is 0 Å². The minimum atomic E-state index is -0.296. The van der Waals surface area contributed by atoms with Gasteiger partial charge in [0.25, 0.3) is 0 Å². The van der Waals surface area contributed by atoms with Crippen molar-refractivity contribution in [3.63, 3.8) is 0 Å². The molecule has 10 heteroatoms. The molecule has 0 radical (unpaired) electrons. The zero-order valence-electron chi connectivity index (χ0n) is 23.3. The Morgan fingerprint density at radius 2 is 1.14 bits per heavy atom. The molecule has 3 N–H and O–H groups in total. The molecule has 0 aliphatic carbocycles. The van der Waals surface area contributed by atoms with E-state index in [4.69, 9.17) is 0 Å². The Morgan fingerprint density at radius 1 is 0.676 bits per heavy atom. The van der Waals surface area contributed by atoms with Gasteiger partial charge in [-0.3, -0.25) is 14.7 Å². The van der Waals surface area contributed by atoms with Crippen LogP contribution in [0.5, 0.6) is 0 Å². The van der Waals surface area contributed by atoms with E-state index in [1.165, 1.54) is 57.4 Å². The summed E-state index contributed by atoms with van der Waals surface area (Å²) in [6.07, 6.45) is 5.13. The molecule has 0 spiro atoms. The van der Waals surface area contributed by atoms with Crippen molar-refractivity contribution in [3.8, 4) is 0 Å². The summed E-state index contributed by atoms with van der Waals surface area (Å²) in [4.78, 5) is 12.1. The molecule has 5 rings (SSSR count). The lowest BCUT2D eigenvalue weighted by molar-refractivity contribution is 0.0747. The molecule has 4 aliphatic rings. The number of hydrogen-bond acceptors (Lipinski definition) is 8. The third-order valence-electron chi connectivity index (χ3n) is 8.90. The quantitative estimate of drug-likeness (QED) is 0.485. The van der Waals surface area contributed by atoms with Crippen LogP contribution < -0.4 is 5.32 Å². The second-order valence-corrected chi connectivity index (χ2v) is 11.4. The van der Waals surface area contributed by atoms with Crippen LogP contribution >= 0.6 is 0 Å². The molecule has 4 heterocycles. The molecule has 1 aromatic carbocycles. The Labute approximate surface area is 226 Å². The summed E-state index contributed by atoms with van der Waals surface area (Å²) < 4.78 is 0. The van der Waals surface area contributed by atoms with Crippen LogP contribution in [-0.4, -0.2) is 139 Å². The van der Waals surface area contributed by atoms with Crippen LogP contribution in [0.15, 0.2) is 30.3 Å². The number of rotatable bonds is 6. The van der Waals surface area contributed by atoms with Crippen molar-refractivity contribution in [1.82, 2.24) is 29.6 Å². The van der Waals surface area contributed by atoms with Gasteiger partial charge in [-0.1, -0.05) is 30.3 Å². The van der Waals surface area contributed by atoms with Crippen molar-refractivity contribution in [2.45, 2.75) is 58.0 Å². The van der Waals surface area contributed by atoms with Crippen LogP contribution in [0.2, 0.25) is 13.6 Å². The molecule has 0 saturated carbocycles. The summed E-state index contributed by atoms with van der Waals surface area (Å²) in [6.45, 7) is 18.1. The van der Waals surface area contributed by atoms with Crippen molar-refractivity contribution in [1.29, 1.82) is 0 Å². The molecule has 0 unspecified atom stereocenters. The average Bonchev–Trinajstić information content (AvgIpc) is 2.95. The largest absolute Gasteiger partial charge is 0.437 e. The van der Waals surface area contributed by atoms with Gasteiger partial charge in [-0.2, -0.15) is 0 Å². The van der Waals surface area contributed by atoms with Gasteiger partial charge in [-0.25, -0.2) is 0 Å². The number of nitrogens with one attached hydrogen (secondary N) is 1. The predicted octanol–water partition coefficient (Wildman–Crippen LogP) is 0.845. The van der Waals surface area contributed by atoms with Gasteiger partial charge in [0.1, 0.15) is 0 Å². The van der Waals surface area contributed by atoms with Gasteiger partial charge in [0.2, 0.25) is 0 Å². The summed E-state index contributed by atoms with van der Waals surface area (Å²) in [5, 5.41) is 22.5. The fourth-order valence-electron chi connectivity index (χ4n) is 6.41. The normalized spacial score (nSPS) is 24.4. The SMILES string of the molecule is CB(O)N1CCN(C2CCN(Cc3ccccc3)CC2)CC1.CB(O)N1CCN(C2CCNCC2)CC1. The number of nitrogens with zero attached hydrogens (tertiary/aromatic N) is 5. The van der Waals surface area contributed by atoms with Crippen LogP contribution in [0, 0.1) is 0 Å². The van der Waals surface area contributed by atoms with Crippen LogP contribution in [0.4, 0.5) is 0 Å². The summed E-state index contributed by atoms with van der Waals surface area (Å²) >= 11 is 0. The fourth-order valence-corrected chi connectivity index (χ4v) is 6.41.